The van der Waals surface area contributed by atoms with E-state index in [-0.39, 0.29) is 17.1 Å². The Kier molecular flexibility index (Phi) is 6.69. The monoisotopic (exact) mass is 515 g/mol. The van der Waals surface area contributed by atoms with Gasteiger partial charge < -0.3 is 14.5 Å². The second-order valence-electron chi connectivity index (χ2n) is 9.99. The topological polar surface area (TPSA) is 79.0 Å². The molecular formula is C29H29N3O4S. The fourth-order valence-electron chi connectivity index (χ4n) is 4.58. The van der Waals surface area contributed by atoms with Gasteiger partial charge in [-0.3, -0.25) is 19.7 Å². The Labute approximate surface area is 220 Å². The van der Waals surface area contributed by atoms with Gasteiger partial charge in [0.2, 0.25) is 5.91 Å². The van der Waals surface area contributed by atoms with E-state index in [1.54, 1.807) is 0 Å². The molecular weight excluding hydrogens is 486 g/mol. The Hall–Kier alpha value is -3.78. The highest BCUT2D eigenvalue weighted by atomic mass is 32.2. The highest BCUT2D eigenvalue weighted by Gasteiger charge is 2.39. The predicted molar refractivity (Wildman–Crippen MR) is 145 cm³/mol. The van der Waals surface area contributed by atoms with Crippen molar-refractivity contribution < 1.29 is 19.1 Å². The van der Waals surface area contributed by atoms with Gasteiger partial charge >= 0.3 is 0 Å². The minimum Gasteiger partial charge on any atom is -0.491 e. The molecule has 1 saturated heterocycles. The molecule has 1 N–H and O–H groups in total. The predicted octanol–water partition coefficient (Wildman–Crippen LogP) is 5.30. The molecule has 1 fully saturated rings. The van der Waals surface area contributed by atoms with E-state index in [1.807, 2.05) is 98.5 Å². The van der Waals surface area contributed by atoms with Crippen LogP contribution in [0.25, 0.3) is 0 Å². The first-order chi connectivity index (χ1) is 17.7. The van der Waals surface area contributed by atoms with Crippen LogP contribution in [0.3, 0.4) is 0 Å². The first-order valence-electron chi connectivity index (χ1n) is 12.2. The molecule has 190 valence electrons. The zero-order valence-electron chi connectivity index (χ0n) is 21.1. The number of ether oxygens (including phenoxy) is 1. The van der Waals surface area contributed by atoms with Gasteiger partial charge in [0.1, 0.15) is 12.4 Å². The molecule has 2 heterocycles. The van der Waals surface area contributed by atoms with Gasteiger partial charge in [-0.1, -0.05) is 53.7 Å². The second kappa shape index (κ2) is 9.94. The van der Waals surface area contributed by atoms with Crippen molar-refractivity contribution in [2.75, 3.05) is 18.2 Å². The Bertz CT molecular complexity index is 1340. The smallest absolute Gasteiger partial charge is 0.286 e. The minimum absolute atomic E-state index is 0.0169. The third-order valence-corrected chi connectivity index (χ3v) is 7.68. The van der Waals surface area contributed by atoms with Crippen molar-refractivity contribution in [2.45, 2.75) is 38.0 Å². The summed E-state index contributed by atoms with van der Waals surface area (Å²) in [4.78, 5) is 40.9. The summed E-state index contributed by atoms with van der Waals surface area (Å²) >= 11 is 1.02. The van der Waals surface area contributed by atoms with Crippen molar-refractivity contribution in [2.24, 2.45) is 0 Å². The van der Waals surface area contributed by atoms with E-state index < -0.39 is 10.8 Å². The zero-order chi connectivity index (χ0) is 26.2. The first kappa shape index (κ1) is 24.9. The summed E-state index contributed by atoms with van der Waals surface area (Å²) < 4.78 is 6.14. The van der Waals surface area contributed by atoms with Gasteiger partial charge in [-0.25, -0.2) is 0 Å². The third-order valence-electron chi connectivity index (χ3n) is 6.70. The van der Waals surface area contributed by atoms with Crippen LogP contribution >= 0.6 is 11.8 Å². The average Bonchev–Trinajstić information content (AvgIpc) is 3.20. The van der Waals surface area contributed by atoms with Crippen molar-refractivity contribution in [3.8, 4) is 5.75 Å². The standard InChI is InChI=1S/C29H29N3O4S/c1-19-9-14-24-23(15-19)27(34)32(18-31(24)21-7-5-4-6-8-21)29(2,3)17-36-22-12-10-20(11-13-22)16-25-26(33)30-28(35)37-25/h4-15,25H,16-18H2,1-3H3,(H,30,33,35). The zero-order valence-corrected chi connectivity index (χ0v) is 21.9. The van der Waals surface area contributed by atoms with E-state index in [2.05, 4.69) is 10.2 Å². The van der Waals surface area contributed by atoms with Crippen LogP contribution in [0.1, 0.15) is 35.3 Å². The number of anilines is 2. The van der Waals surface area contributed by atoms with Gasteiger partial charge in [-0.15, -0.1) is 0 Å². The molecule has 1 unspecified atom stereocenters. The van der Waals surface area contributed by atoms with E-state index in [1.165, 1.54) is 0 Å². The van der Waals surface area contributed by atoms with Crippen molar-refractivity contribution in [3.63, 3.8) is 0 Å². The van der Waals surface area contributed by atoms with Crippen LogP contribution in [-0.4, -0.2) is 46.0 Å². The quantitative estimate of drug-likeness (QED) is 0.460. The lowest BCUT2D eigenvalue weighted by atomic mass is 9.98. The molecule has 0 radical (unpaired) electrons. The van der Waals surface area contributed by atoms with Gasteiger partial charge in [0.25, 0.3) is 11.1 Å². The average molecular weight is 516 g/mol. The minimum atomic E-state index is -0.594. The molecule has 5 rings (SSSR count). The van der Waals surface area contributed by atoms with Gasteiger partial charge in [0.15, 0.2) is 0 Å². The first-order valence-corrected chi connectivity index (χ1v) is 13.1. The maximum absolute atomic E-state index is 13.6. The largest absolute Gasteiger partial charge is 0.491 e. The summed E-state index contributed by atoms with van der Waals surface area (Å²) in [6.07, 6.45) is 0.477. The van der Waals surface area contributed by atoms with Gasteiger partial charge in [0, 0.05) is 5.69 Å². The number of carbonyl (C=O) groups is 3. The summed E-state index contributed by atoms with van der Waals surface area (Å²) in [7, 11) is 0. The van der Waals surface area contributed by atoms with E-state index in [0.29, 0.717) is 31.0 Å². The number of carbonyl (C=O) groups excluding carboxylic acids is 3. The number of thioether (sulfide) groups is 1. The number of para-hydroxylation sites is 1. The molecule has 3 amide bonds. The lowest BCUT2D eigenvalue weighted by Gasteiger charge is -2.45. The molecule has 0 aromatic heterocycles. The van der Waals surface area contributed by atoms with Crippen LogP contribution in [0.4, 0.5) is 16.2 Å². The van der Waals surface area contributed by atoms with Crippen LogP contribution in [0.15, 0.2) is 72.8 Å². The third kappa shape index (κ3) is 5.20. The molecule has 37 heavy (non-hydrogen) atoms. The molecule has 7 nitrogen and oxygen atoms in total. The number of amides is 3. The Morgan fingerprint density at radius 3 is 2.41 bits per heavy atom. The number of imide groups is 1. The second-order valence-corrected chi connectivity index (χ2v) is 11.2. The normalized spacial score (nSPS) is 17.6. The van der Waals surface area contributed by atoms with Crippen molar-refractivity contribution in [1.29, 1.82) is 0 Å². The van der Waals surface area contributed by atoms with Gasteiger partial charge in [-0.05, 0) is 69.2 Å². The number of nitrogens with zero attached hydrogens (tertiary/aromatic N) is 2. The summed E-state index contributed by atoms with van der Waals surface area (Å²) in [6, 6.07) is 23.6. The van der Waals surface area contributed by atoms with Crippen LogP contribution < -0.4 is 15.0 Å². The summed E-state index contributed by atoms with van der Waals surface area (Å²) in [5.41, 5.74) is 4.00. The number of nitrogens with one attached hydrogen (secondary N) is 1. The number of hydrogen-bond donors (Lipinski definition) is 1. The number of benzene rings is 3. The number of rotatable bonds is 7. The van der Waals surface area contributed by atoms with Crippen molar-refractivity contribution in [3.05, 3.63) is 89.5 Å². The van der Waals surface area contributed by atoms with Crippen LogP contribution in [0.5, 0.6) is 5.75 Å². The number of hydrogen-bond acceptors (Lipinski definition) is 6. The fraction of sp³-hybridized carbons (Fsp3) is 0.276. The molecule has 2 aliphatic heterocycles. The SMILES string of the molecule is Cc1ccc2c(c1)C(=O)N(C(C)(C)COc1ccc(CC3SC(=O)NC3=O)cc1)CN2c1ccccc1. The molecule has 0 bridgehead atoms. The molecule has 0 saturated carbocycles. The van der Waals surface area contributed by atoms with Crippen LogP contribution in [0.2, 0.25) is 0 Å². The van der Waals surface area contributed by atoms with E-state index in [0.717, 1.165) is 34.3 Å². The summed E-state index contributed by atoms with van der Waals surface area (Å²) in [5, 5.41) is 1.62. The van der Waals surface area contributed by atoms with Crippen LogP contribution in [-0.2, 0) is 11.2 Å². The van der Waals surface area contributed by atoms with E-state index in [9.17, 15) is 14.4 Å². The van der Waals surface area contributed by atoms with Crippen LogP contribution in [0, 0.1) is 6.92 Å². The molecule has 2 aliphatic rings. The lowest BCUT2D eigenvalue weighted by molar-refractivity contribution is -0.118. The highest BCUT2D eigenvalue weighted by molar-refractivity contribution is 8.15. The van der Waals surface area contributed by atoms with Crippen molar-refractivity contribution >= 4 is 40.2 Å². The number of fused-ring (bicyclic) bond motifs is 1. The summed E-state index contributed by atoms with van der Waals surface area (Å²) in [6.45, 7) is 6.73. The van der Waals surface area contributed by atoms with E-state index >= 15 is 0 Å². The molecule has 0 aliphatic carbocycles. The fourth-order valence-corrected chi connectivity index (χ4v) is 5.44. The Balaban J connectivity index is 1.31. The highest BCUT2D eigenvalue weighted by Crippen LogP contribution is 2.37. The molecule has 8 heteroatoms. The molecule has 3 aromatic carbocycles. The maximum atomic E-state index is 13.6. The Morgan fingerprint density at radius 2 is 1.73 bits per heavy atom. The van der Waals surface area contributed by atoms with Gasteiger partial charge in [0.05, 0.1) is 28.7 Å². The molecule has 0 spiro atoms. The van der Waals surface area contributed by atoms with Crippen molar-refractivity contribution in [1.82, 2.24) is 10.2 Å². The number of aryl methyl sites for hydroxylation is 1. The summed E-state index contributed by atoms with van der Waals surface area (Å²) in [5.74, 6) is 0.415. The maximum Gasteiger partial charge on any atom is 0.286 e. The molecule has 3 aromatic rings. The Morgan fingerprint density at radius 1 is 1.00 bits per heavy atom. The van der Waals surface area contributed by atoms with E-state index in [4.69, 9.17) is 4.74 Å². The van der Waals surface area contributed by atoms with Gasteiger partial charge in [-0.2, -0.15) is 0 Å². The lowest BCUT2D eigenvalue weighted by Crippen LogP contribution is -2.57. The molecule has 1 atom stereocenters.